The van der Waals surface area contributed by atoms with Crippen LogP contribution >= 0.6 is 0 Å². The van der Waals surface area contributed by atoms with Crippen LogP contribution in [-0.2, 0) is 19.1 Å². The van der Waals surface area contributed by atoms with Crippen LogP contribution in [-0.4, -0.2) is 88.4 Å². The summed E-state index contributed by atoms with van der Waals surface area (Å²) < 4.78 is 48.7. The van der Waals surface area contributed by atoms with Crippen LogP contribution < -0.4 is 0 Å². The van der Waals surface area contributed by atoms with E-state index >= 15 is 0 Å². The SMILES string of the molecule is CCOC(=O)CCC(C(=O)c1ccc(F)cc1)n1cc(C)cn1.CN=C(c1ccc(F)cc1)C(CCC(=O)O)n1cc(C)cn1.Cc1cnn(C(CCC(=O)O)C(=O)c2ccc(F)cc2)c1. The van der Waals surface area contributed by atoms with Crippen molar-refractivity contribution >= 4 is 35.2 Å². The minimum Gasteiger partial charge on any atom is -0.481 e. The second-order valence-electron chi connectivity index (χ2n) is 15.1. The fourth-order valence-electron chi connectivity index (χ4n) is 6.68. The number of carbonyl (C=O) groups excluding carboxylic acids is 3. The molecule has 348 valence electrons. The fourth-order valence-corrected chi connectivity index (χ4v) is 6.68. The highest BCUT2D eigenvalue weighted by atomic mass is 19.1. The molecule has 66 heavy (non-hydrogen) atoms. The second-order valence-corrected chi connectivity index (χ2v) is 15.1. The zero-order valence-corrected chi connectivity index (χ0v) is 37.2. The fraction of sp³-hybridized carbons (Fsp3) is 0.312. The van der Waals surface area contributed by atoms with Gasteiger partial charge in [-0.15, -0.1) is 0 Å². The van der Waals surface area contributed by atoms with Gasteiger partial charge in [0.15, 0.2) is 11.6 Å². The van der Waals surface area contributed by atoms with Crippen molar-refractivity contribution in [1.82, 2.24) is 29.3 Å². The molecule has 6 rings (SSSR count). The average Bonchev–Trinajstić information content (AvgIpc) is 4.04. The van der Waals surface area contributed by atoms with E-state index in [2.05, 4.69) is 20.3 Å². The molecule has 3 atom stereocenters. The Morgan fingerprint density at radius 3 is 1.21 bits per heavy atom. The molecule has 3 aromatic carbocycles. The summed E-state index contributed by atoms with van der Waals surface area (Å²) in [5.41, 5.74) is 4.93. The molecule has 2 N–H and O–H groups in total. The zero-order valence-electron chi connectivity index (χ0n) is 37.2. The molecule has 3 unspecified atom stereocenters. The third-order valence-corrected chi connectivity index (χ3v) is 9.90. The summed E-state index contributed by atoms with van der Waals surface area (Å²) in [6.07, 6.45) is 11.0. The molecular formula is C48H52F3N7O8. The number of carbonyl (C=O) groups is 5. The molecule has 0 spiro atoms. The maximum absolute atomic E-state index is 13.1. The Hall–Kier alpha value is -7.50. The molecular weight excluding hydrogens is 860 g/mol. The van der Waals surface area contributed by atoms with E-state index in [-0.39, 0.29) is 61.5 Å². The van der Waals surface area contributed by atoms with Gasteiger partial charge in [0, 0.05) is 56.0 Å². The summed E-state index contributed by atoms with van der Waals surface area (Å²) in [6.45, 7) is 7.65. The van der Waals surface area contributed by atoms with Crippen LogP contribution in [0.1, 0.15) is 107 Å². The van der Waals surface area contributed by atoms with E-state index in [1.54, 1.807) is 66.5 Å². The van der Waals surface area contributed by atoms with Crippen molar-refractivity contribution in [3.63, 3.8) is 0 Å². The summed E-state index contributed by atoms with van der Waals surface area (Å²) >= 11 is 0. The first-order valence-electron chi connectivity index (χ1n) is 20.9. The van der Waals surface area contributed by atoms with Crippen molar-refractivity contribution in [3.05, 3.63) is 161 Å². The van der Waals surface area contributed by atoms with Crippen LogP contribution in [0.15, 0.2) is 115 Å². The van der Waals surface area contributed by atoms with Crippen molar-refractivity contribution in [2.24, 2.45) is 4.99 Å². The van der Waals surface area contributed by atoms with Crippen molar-refractivity contribution in [3.8, 4) is 0 Å². The summed E-state index contributed by atoms with van der Waals surface area (Å²) in [4.78, 5) is 62.7. The van der Waals surface area contributed by atoms with Gasteiger partial charge in [-0.25, -0.2) is 13.2 Å². The van der Waals surface area contributed by atoms with E-state index in [4.69, 9.17) is 14.9 Å². The number of esters is 1. The predicted molar refractivity (Wildman–Crippen MR) is 238 cm³/mol. The molecule has 0 aliphatic heterocycles. The van der Waals surface area contributed by atoms with Gasteiger partial charge in [0.1, 0.15) is 29.5 Å². The quantitative estimate of drug-likeness (QED) is 0.0448. The van der Waals surface area contributed by atoms with E-state index < -0.39 is 35.7 Å². The van der Waals surface area contributed by atoms with E-state index in [1.807, 2.05) is 27.0 Å². The summed E-state index contributed by atoms with van der Waals surface area (Å²) in [5, 5.41) is 30.3. The lowest BCUT2D eigenvalue weighted by molar-refractivity contribution is -0.143. The van der Waals surface area contributed by atoms with Gasteiger partial charge in [0.2, 0.25) is 0 Å². The van der Waals surface area contributed by atoms with Gasteiger partial charge in [-0.1, -0.05) is 12.1 Å². The van der Waals surface area contributed by atoms with Crippen molar-refractivity contribution in [2.75, 3.05) is 13.7 Å². The molecule has 0 radical (unpaired) electrons. The predicted octanol–water partition coefficient (Wildman–Crippen LogP) is 8.57. The largest absolute Gasteiger partial charge is 0.481 e. The van der Waals surface area contributed by atoms with E-state index in [9.17, 15) is 37.1 Å². The van der Waals surface area contributed by atoms with Gasteiger partial charge in [0.05, 0.1) is 37.0 Å². The minimum atomic E-state index is -0.976. The van der Waals surface area contributed by atoms with Crippen LogP contribution in [0.2, 0.25) is 0 Å². The number of nitrogens with zero attached hydrogens (tertiary/aromatic N) is 7. The lowest BCUT2D eigenvalue weighted by atomic mass is 9.99. The van der Waals surface area contributed by atoms with E-state index in [1.165, 1.54) is 65.3 Å². The first-order valence-corrected chi connectivity index (χ1v) is 20.9. The standard InChI is InChI=1S/C17H19FN2O3.C16H18FN3O2.C15H15FN2O3/c1-3-23-16(21)9-8-15(20-11-12(2)10-19-20)17(22)13-4-6-14(18)7-5-13;1-11-9-19-20(10-11)14(7-8-15(21)22)16(18-2)12-3-5-13(17)6-4-12;1-10-8-17-18(9-10)13(6-7-14(19)20)15(21)11-2-4-12(16)5-3-11/h4-7,10-11,15H,3,8-9H2,1-2H3;3-6,9-10,14H,7-8H2,1-2H3,(H,21,22);2-5,8-9,13H,6-7H2,1H3,(H,19,20). The van der Waals surface area contributed by atoms with Crippen molar-refractivity contribution in [1.29, 1.82) is 0 Å². The normalized spacial score (nSPS) is 12.4. The number of halogens is 3. The van der Waals surface area contributed by atoms with E-state index in [0.717, 1.165) is 22.3 Å². The van der Waals surface area contributed by atoms with Gasteiger partial charge in [-0.2, -0.15) is 15.3 Å². The number of rotatable bonds is 19. The lowest BCUT2D eigenvalue weighted by Gasteiger charge is -2.19. The highest BCUT2D eigenvalue weighted by molar-refractivity contribution is 6.03. The highest BCUT2D eigenvalue weighted by Crippen LogP contribution is 2.24. The van der Waals surface area contributed by atoms with Crippen molar-refractivity contribution < 1.29 is 52.1 Å². The third kappa shape index (κ3) is 15.6. The molecule has 0 aliphatic carbocycles. The van der Waals surface area contributed by atoms with Crippen LogP contribution in [0.3, 0.4) is 0 Å². The molecule has 3 heterocycles. The summed E-state index contributed by atoms with van der Waals surface area (Å²) in [7, 11) is 1.64. The van der Waals surface area contributed by atoms with Gasteiger partial charge in [-0.3, -0.25) is 43.0 Å². The van der Waals surface area contributed by atoms with E-state index in [0.29, 0.717) is 29.9 Å². The molecule has 0 saturated heterocycles. The molecule has 0 aliphatic rings. The number of hydrogen-bond donors (Lipinski definition) is 2. The molecule has 0 bridgehead atoms. The number of carboxylic acids is 2. The molecule has 0 amide bonds. The zero-order chi connectivity index (χ0) is 48.3. The number of ether oxygens (including phenoxy) is 1. The first-order chi connectivity index (χ1) is 31.5. The molecule has 18 heteroatoms. The van der Waals surface area contributed by atoms with Crippen LogP contribution in [0.4, 0.5) is 13.2 Å². The maximum atomic E-state index is 13.1. The second kappa shape index (κ2) is 25.1. The number of benzene rings is 3. The summed E-state index contributed by atoms with van der Waals surface area (Å²) in [6, 6.07) is 14.9. The first kappa shape index (κ1) is 51.1. The Bertz CT molecular complexity index is 2570. The Balaban J connectivity index is 0.000000217. The Labute approximate surface area is 379 Å². The third-order valence-electron chi connectivity index (χ3n) is 9.90. The topological polar surface area (TPSA) is 201 Å². The Kier molecular flexibility index (Phi) is 19.5. The van der Waals surface area contributed by atoms with Crippen LogP contribution in [0.25, 0.3) is 0 Å². The number of carboxylic acid groups (broad SMARTS) is 2. The number of Topliss-reactive ketones (excluding diaryl/α,β-unsaturated/α-hetero) is 2. The minimum absolute atomic E-state index is 0.00376. The molecule has 0 saturated carbocycles. The number of aromatic nitrogens is 6. The molecule has 15 nitrogen and oxygen atoms in total. The van der Waals surface area contributed by atoms with Gasteiger partial charge in [0.25, 0.3) is 0 Å². The maximum Gasteiger partial charge on any atom is 0.305 e. The average molecular weight is 912 g/mol. The Morgan fingerprint density at radius 1 is 0.561 bits per heavy atom. The van der Waals surface area contributed by atoms with Gasteiger partial charge < -0.3 is 14.9 Å². The van der Waals surface area contributed by atoms with Crippen molar-refractivity contribution in [2.45, 2.75) is 84.3 Å². The molecule has 0 fully saturated rings. The lowest BCUT2D eigenvalue weighted by Crippen LogP contribution is -2.22. The summed E-state index contributed by atoms with van der Waals surface area (Å²) in [5.74, 6) is -3.84. The number of aliphatic imine (C=N–C) groups is 1. The number of ketones is 2. The molecule has 6 aromatic rings. The van der Waals surface area contributed by atoms with Crippen LogP contribution in [0.5, 0.6) is 0 Å². The smallest absolute Gasteiger partial charge is 0.305 e. The molecule has 3 aromatic heterocycles. The van der Waals surface area contributed by atoms with Gasteiger partial charge >= 0.3 is 17.9 Å². The number of aryl methyl sites for hydroxylation is 3. The van der Waals surface area contributed by atoms with Crippen LogP contribution in [0, 0.1) is 38.2 Å². The Morgan fingerprint density at radius 2 is 0.894 bits per heavy atom. The van der Waals surface area contributed by atoms with Gasteiger partial charge in [-0.05, 0) is 130 Å². The number of aliphatic carboxylic acids is 2. The highest BCUT2D eigenvalue weighted by Gasteiger charge is 2.26. The monoisotopic (exact) mass is 911 g/mol. The number of hydrogen-bond acceptors (Lipinski definition) is 10.